The normalized spacial score (nSPS) is 11.4. The van der Waals surface area contributed by atoms with Gasteiger partial charge in [-0.15, -0.1) is 0 Å². The fourth-order valence-electron chi connectivity index (χ4n) is 3.35. The molecule has 0 aliphatic heterocycles. The number of nitrogens with one attached hydrogen (secondary N) is 1. The summed E-state index contributed by atoms with van der Waals surface area (Å²) < 4.78 is 5.43. The summed E-state index contributed by atoms with van der Waals surface area (Å²) in [5, 5.41) is 3.75. The summed E-state index contributed by atoms with van der Waals surface area (Å²) in [5.74, 6) is -0.231. The van der Waals surface area contributed by atoms with Crippen molar-refractivity contribution < 1.29 is 9.21 Å². The monoisotopic (exact) mass is 397 g/mol. The van der Waals surface area contributed by atoms with Gasteiger partial charge in [0.2, 0.25) is 0 Å². The number of fused-ring (bicyclic) bond motifs is 1. The second kappa shape index (κ2) is 7.64. The zero-order chi connectivity index (χ0) is 21.3. The van der Waals surface area contributed by atoms with Crippen molar-refractivity contribution in [2.24, 2.45) is 0 Å². The Balaban J connectivity index is 1.61. The predicted octanol–water partition coefficient (Wildman–Crippen LogP) is 6.01. The average Bonchev–Trinajstić information content (AvgIpc) is 2.73. The second-order valence-electron chi connectivity index (χ2n) is 8.35. The van der Waals surface area contributed by atoms with E-state index in [1.54, 1.807) is 36.4 Å². The molecular weight excluding hydrogens is 374 g/mol. The molecule has 0 bridgehead atoms. The van der Waals surface area contributed by atoms with Gasteiger partial charge in [-0.05, 0) is 52.9 Å². The van der Waals surface area contributed by atoms with Gasteiger partial charge in [0, 0.05) is 16.6 Å². The lowest BCUT2D eigenvalue weighted by atomic mass is 9.87. The largest absolute Gasteiger partial charge is 0.422 e. The first-order valence-electron chi connectivity index (χ1n) is 9.86. The fraction of sp³-hybridized carbons (Fsp3) is 0.154. The van der Waals surface area contributed by atoms with Crippen LogP contribution in [0.3, 0.4) is 0 Å². The maximum Gasteiger partial charge on any atom is 0.344 e. The topological polar surface area (TPSA) is 59.3 Å². The quantitative estimate of drug-likeness (QED) is 0.431. The summed E-state index contributed by atoms with van der Waals surface area (Å²) >= 11 is 0. The third kappa shape index (κ3) is 4.03. The highest BCUT2D eigenvalue weighted by Gasteiger charge is 2.14. The van der Waals surface area contributed by atoms with Crippen LogP contribution in [-0.4, -0.2) is 5.91 Å². The first kappa shape index (κ1) is 19.6. The number of rotatable bonds is 3. The van der Waals surface area contributed by atoms with Crippen molar-refractivity contribution in [1.29, 1.82) is 0 Å². The molecule has 1 N–H and O–H groups in total. The summed E-state index contributed by atoms with van der Waals surface area (Å²) in [6.07, 6.45) is 0. The highest BCUT2D eigenvalue weighted by Crippen LogP contribution is 2.25. The van der Waals surface area contributed by atoms with Gasteiger partial charge < -0.3 is 9.73 Å². The zero-order valence-electron chi connectivity index (χ0n) is 17.2. The average molecular weight is 397 g/mol. The van der Waals surface area contributed by atoms with Crippen molar-refractivity contribution in [1.82, 2.24) is 0 Å². The Morgan fingerprint density at radius 1 is 0.867 bits per heavy atom. The molecule has 3 aromatic carbocycles. The van der Waals surface area contributed by atoms with Gasteiger partial charge in [-0.25, -0.2) is 4.79 Å². The van der Waals surface area contributed by atoms with Crippen LogP contribution in [0.2, 0.25) is 0 Å². The number of carbonyl (C=O) groups is 1. The van der Waals surface area contributed by atoms with Crippen LogP contribution in [-0.2, 0) is 5.41 Å². The number of benzene rings is 3. The molecule has 0 aliphatic carbocycles. The fourth-order valence-corrected chi connectivity index (χ4v) is 3.35. The van der Waals surface area contributed by atoms with Crippen LogP contribution < -0.4 is 10.9 Å². The standard InChI is InChI=1S/C26H23NO3/c1-26(2,3)20-11-13-21(14-12-20)27-24(28)19-9-6-8-17(15-19)22-16-18-7-4-5-10-23(18)30-25(22)29/h4-16H,1-3H3,(H,27,28). The van der Waals surface area contributed by atoms with Crippen molar-refractivity contribution in [3.05, 3.63) is 100 Å². The van der Waals surface area contributed by atoms with Crippen molar-refractivity contribution in [3.8, 4) is 11.1 Å². The van der Waals surface area contributed by atoms with E-state index in [9.17, 15) is 9.59 Å². The van der Waals surface area contributed by atoms with Crippen LogP contribution in [0.15, 0.2) is 88.1 Å². The van der Waals surface area contributed by atoms with Crippen LogP contribution in [0, 0.1) is 0 Å². The molecule has 30 heavy (non-hydrogen) atoms. The molecule has 4 heteroatoms. The van der Waals surface area contributed by atoms with E-state index in [0.717, 1.165) is 11.1 Å². The van der Waals surface area contributed by atoms with Crippen LogP contribution in [0.4, 0.5) is 5.69 Å². The number of anilines is 1. The molecule has 4 rings (SSSR count). The second-order valence-corrected chi connectivity index (χ2v) is 8.35. The molecule has 0 unspecified atom stereocenters. The van der Waals surface area contributed by atoms with E-state index in [2.05, 4.69) is 26.1 Å². The molecule has 0 saturated carbocycles. The van der Waals surface area contributed by atoms with Crippen LogP contribution in [0.25, 0.3) is 22.1 Å². The minimum atomic E-state index is -0.427. The van der Waals surface area contributed by atoms with Crippen LogP contribution in [0.5, 0.6) is 0 Å². The van der Waals surface area contributed by atoms with E-state index >= 15 is 0 Å². The summed E-state index contributed by atoms with van der Waals surface area (Å²) in [7, 11) is 0. The summed E-state index contributed by atoms with van der Waals surface area (Å²) in [6, 6.07) is 24.0. The first-order valence-corrected chi connectivity index (χ1v) is 9.86. The highest BCUT2D eigenvalue weighted by molar-refractivity contribution is 6.05. The molecule has 150 valence electrons. The Labute approximate surface area is 175 Å². The molecule has 0 aliphatic rings. The zero-order valence-corrected chi connectivity index (χ0v) is 17.2. The van der Waals surface area contributed by atoms with E-state index in [1.807, 2.05) is 42.5 Å². The minimum absolute atomic E-state index is 0.0534. The maximum absolute atomic E-state index is 12.8. The van der Waals surface area contributed by atoms with Gasteiger partial charge in [-0.3, -0.25) is 4.79 Å². The lowest BCUT2D eigenvalue weighted by Crippen LogP contribution is -2.14. The molecule has 0 fully saturated rings. The number of amides is 1. The number of hydrogen-bond donors (Lipinski definition) is 1. The molecule has 0 spiro atoms. The molecule has 0 atom stereocenters. The van der Waals surface area contributed by atoms with Crippen molar-refractivity contribution in [2.45, 2.75) is 26.2 Å². The molecule has 4 aromatic rings. The molecular formula is C26H23NO3. The Morgan fingerprint density at radius 2 is 1.60 bits per heavy atom. The van der Waals surface area contributed by atoms with Crippen LogP contribution in [0.1, 0.15) is 36.7 Å². The smallest absolute Gasteiger partial charge is 0.344 e. The SMILES string of the molecule is CC(C)(C)c1ccc(NC(=O)c2cccc(-c3cc4ccccc4oc3=O)c2)cc1. The Kier molecular flexibility index (Phi) is 5.00. The van der Waals surface area contributed by atoms with E-state index < -0.39 is 5.63 Å². The van der Waals surface area contributed by atoms with Gasteiger partial charge >= 0.3 is 5.63 Å². The number of hydrogen-bond acceptors (Lipinski definition) is 3. The van der Waals surface area contributed by atoms with Crippen molar-refractivity contribution in [2.75, 3.05) is 5.32 Å². The van der Waals surface area contributed by atoms with Gasteiger partial charge in [0.1, 0.15) is 5.58 Å². The van der Waals surface area contributed by atoms with Gasteiger partial charge in [0.05, 0.1) is 5.56 Å². The third-order valence-corrected chi connectivity index (χ3v) is 5.09. The van der Waals surface area contributed by atoms with Gasteiger partial charge in [0.25, 0.3) is 5.91 Å². The summed E-state index contributed by atoms with van der Waals surface area (Å²) in [5.41, 5.74) is 3.64. The number of carbonyl (C=O) groups excluding carboxylic acids is 1. The molecule has 0 saturated heterocycles. The maximum atomic E-state index is 12.8. The minimum Gasteiger partial charge on any atom is -0.422 e. The van der Waals surface area contributed by atoms with Crippen LogP contribution >= 0.6 is 0 Å². The molecule has 1 amide bonds. The Hall–Kier alpha value is -3.66. The van der Waals surface area contributed by atoms with E-state index in [4.69, 9.17) is 4.42 Å². The third-order valence-electron chi connectivity index (χ3n) is 5.09. The van der Waals surface area contributed by atoms with E-state index in [1.165, 1.54) is 5.56 Å². The van der Waals surface area contributed by atoms with Crippen molar-refractivity contribution >= 4 is 22.6 Å². The van der Waals surface area contributed by atoms with Gasteiger partial charge in [-0.1, -0.05) is 63.2 Å². The molecule has 1 aromatic heterocycles. The molecule has 1 heterocycles. The lowest BCUT2D eigenvalue weighted by molar-refractivity contribution is 0.102. The summed E-state index contributed by atoms with van der Waals surface area (Å²) in [4.78, 5) is 25.2. The summed E-state index contributed by atoms with van der Waals surface area (Å²) in [6.45, 7) is 6.44. The van der Waals surface area contributed by atoms with Crippen molar-refractivity contribution in [3.63, 3.8) is 0 Å². The number of para-hydroxylation sites is 1. The van der Waals surface area contributed by atoms with E-state index in [-0.39, 0.29) is 11.3 Å². The molecule has 4 nitrogen and oxygen atoms in total. The van der Waals surface area contributed by atoms with E-state index in [0.29, 0.717) is 22.3 Å². The molecule has 0 radical (unpaired) electrons. The lowest BCUT2D eigenvalue weighted by Gasteiger charge is -2.19. The predicted molar refractivity (Wildman–Crippen MR) is 121 cm³/mol. The highest BCUT2D eigenvalue weighted by atomic mass is 16.4. The first-order chi connectivity index (χ1) is 14.3. The Morgan fingerprint density at radius 3 is 2.33 bits per heavy atom. The Bertz CT molecular complexity index is 1280. The van der Waals surface area contributed by atoms with Gasteiger partial charge in [0.15, 0.2) is 0 Å². The van der Waals surface area contributed by atoms with Gasteiger partial charge in [-0.2, -0.15) is 0 Å².